The van der Waals surface area contributed by atoms with E-state index >= 15 is 0 Å². The zero-order valence-corrected chi connectivity index (χ0v) is 13.1. The summed E-state index contributed by atoms with van der Waals surface area (Å²) in [6, 6.07) is 4.42. The van der Waals surface area contributed by atoms with Gasteiger partial charge in [-0.05, 0) is 24.8 Å². The molecular weight excluding hydrogens is 296 g/mol. The highest BCUT2D eigenvalue weighted by Gasteiger charge is 2.24. The Hall–Kier alpha value is -2.55. The number of carbonyl (C=O) groups is 1. The fraction of sp³-hybridized carbons (Fsp3) is 0.471. The average Bonchev–Trinajstić information content (AvgIpc) is 2.54. The van der Waals surface area contributed by atoms with E-state index in [-0.39, 0.29) is 23.9 Å². The predicted molar refractivity (Wildman–Crippen MR) is 87.3 cm³/mol. The predicted octanol–water partition coefficient (Wildman–Crippen LogP) is 3.38. The minimum absolute atomic E-state index is 0.146. The van der Waals surface area contributed by atoms with E-state index in [1.807, 2.05) is 0 Å². The Morgan fingerprint density at radius 3 is 2.87 bits per heavy atom. The van der Waals surface area contributed by atoms with Crippen LogP contribution in [0.15, 0.2) is 18.2 Å². The standard InChI is InChI=1S/C17H20N2O4/c1-3-10-23-17(20)14-11-13(19(21)22)8-9-16(14)18-15-7-5-4-6-12(15)2/h1,8-9,11-12,15,18H,4-7,10H2,2H3/t12-,15+/m0/s1. The number of terminal acetylenes is 1. The number of carbonyl (C=O) groups excluding carboxylic acids is 1. The number of anilines is 1. The van der Waals surface area contributed by atoms with Crippen LogP contribution >= 0.6 is 0 Å². The van der Waals surface area contributed by atoms with E-state index in [0.29, 0.717) is 11.6 Å². The molecule has 122 valence electrons. The normalized spacial score (nSPS) is 20.3. The number of nitro benzene ring substituents is 1. The monoisotopic (exact) mass is 316 g/mol. The number of hydrogen-bond donors (Lipinski definition) is 1. The Labute approximate surface area is 135 Å². The van der Waals surface area contributed by atoms with Gasteiger partial charge in [0.25, 0.3) is 5.69 Å². The molecule has 0 aliphatic heterocycles. The van der Waals surface area contributed by atoms with Gasteiger partial charge in [0, 0.05) is 23.9 Å². The SMILES string of the molecule is C#CCOC(=O)c1cc([N+](=O)[O-])ccc1N[C@@H]1CCCC[C@@H]1C. The van der Waals surface area contributed by atoms with Crippen molar-refractivity contribution in [1.29, 1.82) is 0 Å². The number of nitro groups is 1. The quantitative estimate of drug-likeness (QED) is 0.390. The van der Waals surface area contributed by atoms with Crippen molar-refractivity contribution in [1.82, 2.24) is 0 Å². The number of esters is 1. The number of benzene rings is 1. The zero-order valence-electron chi connectivity index (χ0n) is 13.1. The van der Waals surface area contributed by atoms with Crippen LogP contribution in [0.4, 0.5) is 11.4 Å². The van der Waals surface area contributed by atoms with Gasteiger partial charge in [0.2, 0.25) is 0 Å². The summed E-state index contributed by atoms with van der Waals surface area (Å²) >= 11 is 0. The molecule has 1 aromatic rings. The van der Waals surface area contributed by atoms with Crippen LogP contribution in [0.5, 0.6) is 0 Å². The molecule has 1 N–H and O–H groups in total. The van der Waals surface area contributed by atoms with Gasteiger partial charge in [-0.1, -0.05) is 25.7 Å². The van der Waals surface area contributed by atoms with Gasteiger partial charge in [0.05, 0.1) is 10.5 Å². The minimum atomic E-state index is -0.655. The van der Waals surface area contributed by atoms with Crippen LogP contribution in [0.1, 0.15) is 43.0 Å². The number of ether oxygens (including phenoxy) is 1. The molecule has 0 radical (unpaired) electrons. The van der Waals surface area contributed by atoms with Crippen molar-refractivity contribution in [3.05, 3.63) is 33.9 Å². The van der Waals surface area contributed by atoms with Gasteiger partial charge in [-0.15, -0.1) is 6.42 Å². The van der Waals surface area contributed by atoms with Crippen LogP contribution in [0.25, 0.3) is 0 Å². The van der Waals surface area contributed by atoms with E-state index in [1.165, 1.54) is 18.6 Å². The summed E-state index contributed by atoms with van der Waals surface area (Å²) in [5.74, 6) is 2.04. The molecule has 0 unspecified atom stereocenters. The van der Waals surface area contributed by atoms with Crippen LogP contribution in [0.2, 0.25) is 0 Å². The topological polar surface area (TPSA) is 81.5 Å². The molecule has 0 aromatic heterocycles. The molecule has 6 nitrogen and oxygen atoms in total. The van der Waals surface area contributed by atoms with Gasteiger partial charge in [-0.2, -0.15) is 0 Å². The summed E-state index contributed by atoms with van der Waals surface area (Å²) in [5, 5.41) is 14.3. The lowest BCUT2D eigenvalue weighted by molar-refractivity contribution is -0.384. The van der Waals surface area contributed by atoms with Crippen molar-refractivity contribution in [3.8, 4) is 12.3 Å². The third kappa shape index (κ3) is 4.22. The second kappa shape index (κ2) is 7.63. The summed E-state index contributed by atoms with van der Waals surface area (Å²) in [7, 11) is 0. The summed E-state index contributed by atoms with van der Waals surface area (Å²) in [6.07, 6.45) is 9.56. The summed E-state index contributed by atoms with van der Waals surface area (Å²) in [6.45, 7) is 2.00. The minimum Gasteiger partial charge on any atom is -0.449 e. The average molecular weight is 316 g/mol. The zero-order chi connectivity index (χ0) is 16.8. The summed E-state index contributed by atoms with van der Waals surface area (Å²) in [5.41, 5.74) is 0.545. The van der Waals surface area contributed by atoms with Crippen molar-refractivity contribution in [2.75, 3.05) is 11.9 Å². The highest BCUT2D eigenvalue weighted by Crippen LogP contribution is 2.30. The van der Waals surface area contributed by atoms with Crippen molar-refractivity contribution < 1.29 is 14.5 Å². The van der Waals surface area contributed by atoms with Gasteiger partial charge in [0.1, 0.15) is 0 Å². The molecule has 0 bridgehead atoms. The van der Waals surface area contributed by atoms with E-state index in [4.69, 9.17) is 11.2 Å². The molecule has 0 amide bonds. The molecular formula is C17H20N2O4. The highest BCUT2D eigenvalue weighted by atomic mass is 16.6. The van der Waals surface area contributed by atoms with Gasteiger partial charge in [-0.3, -0.25) is 10.1 Å². The first kappa shape index (κ1) is 16.8. The van der Waals surface area contributed by atoms with E-state index < -0.39 is 10.9 Å². The largest absolute Gasteiger partial charge is 0.449 e. The molecule has 0 heterocycles. The fourth-order valence-corrected chi connectivity index (χ4v) is 2.86. The second-order valence-corrected chi connectivity index (χ2v) is 5.78. The van der Waals surface area contributed by atoms with Crippen LogP contribution in [0.3, 0.4) is 0 Å². The Bertz CT molecular complexity index is 636. The molecule has 1 fully saturated rings. The molecule has 1 aliphatic carbocycles. The third-order valence-electron chi connectivity index (χ3n) is 4.17. The van der Waals surface area contributed by atoms with Crippen LogP contribution in [0, 0.1) is 28.4 Å². The van der Waals surface area contributed by atoms with Crippen LogP contribution in [-0.4, -0.2) is 23.5 Å². The Kier molecular flexibility index (Phi) is 5.58. The second-order valence-electron chi connectivity index (χ2n) is 5.78. The number of hydrogen-bond acceptors (Lipinski definition) is 5. The lowest BCUT2D eigenvalue weighted by Crippen LogP contribution is -2.31. The summed E-state index contributed by atoms with van der Waals surface area (Å²) < 4.78 is 4.93. The maximum absolute atomic E-state index is 12.1. The molecule has 0 spiro atoms. The van der Waals surface area contributed by atoms with Gasteiger partial charge >= 0.3 is 5.97 Å². The van der Waals surface area contributed by atoms with Gasteiger partial charge < -0.3 is 10.1 Å². The first-order valence-electron chi connectivity index (χ1n) is 7.68. The number of nitrogens with one attached hydrogen (secondary N) is 1. The Morgan fingerprint density at radius 2 is 2.22 bits per heavy atom. The fourth-order valence-electron chi connectivity index (χ4n) is 2.86. The maximum Gasteiger partial charge on any atom is 0.341 e. The van der Waals surface area contributed by atoms with E-state index in [0.717, 1.165) is 19.3 Å². The molecule has 23 heavy (non-hydrogen) atoms. The molecule has 2 atom stereocenters. The lowest BCUT2D eigenvalue weighted by atomic mass is 9.85. The van der Waals surface area contributed by atoms with E-state index in [1.54, 1.807) is 6.07 Å². The molecule has 6 heteroatoms. The van der Waals surface area contributed by atoms with Crippen LogP contribution in [-0.2, 0) is 4.74 Å². The molecule has 1 aliphatic rings. The third-order valence-corrected chi connectivity index (χ3v) is 4.17. The van der Waals surface area contributed by atoms with Crippen molar-refractivity contribution in [2.24, 2.45) is 5.92 Å². The lowest BCUT2D eigenvalue weighted by Gasteiger charge is -2.30. The van der Waals surface area contributed by atoms with Gasteiger partial charge in [-0.25, -0.2) is 4.79 Å². The first-order valence-corrected chi connectivity index (χ1v) is 7.68. The smallest absolute Gasteiger partial charge is 0.341 e. The molecule has 1 saturated carbocycles. The van der Waals surface area contributed by atoms with Crippen molar-refractivity contribution in [3.63, 3.8) is 0 Å². The Morgan fingerprint density at radius 1 is 1.48 bits per heavy atom. The van der Waals surface area contributed by atoms with E-state index in [9.17, 15) is 14.9 Å². The van der Waals surface area contributed by atoms with Crippen molar-refractivity contribution >= 4 is 17.3 Å². The van der Waals surface area contributed by atoms with Gasteiger partial charge in [0.15, 0.2) is 6.61 Å². The Balaban J connectivity index is 2.27. The summed E-state index contributed by atoms with van der Waals surface area (Å²) in [4.78, 5) is 22.5. The van der Waals surface area contributed by atoms with E-state index in [2.05, 4.69) is 18.2 Å². The molecule has 1 aromatic carbocycles. The molecule has 2 rings (SSSR count). The maximum atomic E-state index is 12.1. The number of non-ortho nitro benzene ring substituents is 1. The number of nitrogens with zero attached hydrogens (tertiary/aromatic N) is 1. The molecule has 0 saturated heterocycles. The highest BCUT2D eigenvalue weighted by molar-refractivity contribution is 5.96. The number of rotatable bonds is 5. The van der Waals surface area contributed by atoms with Crippen molar-refractivity contribution in [2.45, 2.75) is 38.6 Å². The van der Waals surface area contributed by atoms with Crippen LogP contribution < -0.4 is 5.32 Å². The first-order chi connectivity index (χ1) is 11.0.